The minimum absolute atomic E-state index is 0. The van der Waals surface area contributed by atoms with Crippen LogP contribution in [0.1, 0.15) is 16.7 Å². The van der Waals surface area contributed by atoms with E-state index in [0.29, 0.717) is 23.9 Å². The van der Waals surface area contributed by atoms with Crippen LogP contribution in [0.2, 0.25) is 0 Å². The van der Waals surface area contributed by atoms with Gasteiger partial charge in [-0.3, -0.25) is 4.99 Å². The molecule has 0 spiro atoms. The van der Waals surface area contributed by atoms with Crippen LogP contribution in [0.3, 0.4) is 0 Å². The zero-order chi connectivity index (χ0) is 17.7. The van der Waals surface area contributed by atoms with E-state index in [2.05, 4.69) is 15.6 Å². The summed E-state index contributed by atoms with van der Waals surface area (Å²) in [6.45, 7) is 3.06. The first-order valence-corrected chi connectivity index (χ1v) is 9.53. The monoisotopic (exact) mass is 476 g/mol. The number of nitrogens with zero attached hydrogens (tertiary/aromatic N) is 2. The molecule has 0 aliphatic carbocycles. The Bertz CT molecular complexity index is 844. The molecule has 0 saturated heterocycles. The molecule has 2 N–H and O–H groups in total. The van der Waals surface area contributed by atoms with Crippen molar-refractivity contribution in [2.45, 2.75) is 24.9 Å². The molecule has 2 aromatic rings. The SMILES string of the molecule is CN=C(NCc1ccc(S(C)(=O)=O)c(C)c1)NCc1ccn(C)c1.I. The van der Waals surface area contributed by atoms with Crippen molar-refractivity contribution in [2.75, 3.05) is 13.3 Å². The minimum atomic E-state index is -3.18. The summed E-state index contributed by atoms with van der Waals surface area (Å²) in [6.07, 6.45) is 5.27. The molecule has 0 saturated carbocycles. The van der Waals surface area contributed by atoms with Crippen LogP contribution in [0.5, 0.6) is 0 Å². The highest BCUT2D eigenvalue weighted by molar-refractivity contribution is 14.0. The maximum Gasteiger partial charge on any atom is 0.191 e. The van der Waals surface area contributed by atoms with Crippen LogP contribution in [-0.4, -0.2) is 32.2 Å². The van der Waals surface area contributed by atoms with Crippen LogP contribution < -0.4 is 10.6 Å². The molecular weight excluding hydrogens is 451 g/mol. The Morgan fingerprint density at radius 1 is 1.16 bits per heavy atom. The standard InChI is InChI=1S/C17H24N4O2S.HI/c1-13-9-14(5-6-16(13)24(4,22)23)10-19-17(18-2)20-11-15-7-8-21(3)12-15;/h5-9,12H,10-11H2,1-4H3,(H2,18,19,20);1H. The molecule has 1 heterocycles. The van der Waals surface area contributed by atoms with Crippen molar-refractivity contribution in [1.82, 2.24) is 15.2 Å². The van der Waals surface area contributed by atoms with Gasteiger partial charge in [-0.15, -0.1) is 24.0 Å². The molecular formula is C17H25IN4O2S. The molecule has 138 valence electrons. The fourth-order valence-electron chi connectivity index (χ4n) is 2.50. The number of halogens is 1. The van der Waals surface area contributed by atoms with Gasteiger partial charge in [0.15, 0.2) is 15.8 Å². The lowest BCUT2D eigenvalue weighted by atomic mass is 10.1. The van der Waals surface area contributed by atoms with Gasteiger partial charge in [0.05, 0.1) is 4.90 Å². The van der Waals surface area contributed by atoms with E-state index in [-0.39, 0.29) is 24.0 Å². The van der Waals surface area contributed by atoms with Gasteiger partial charge < -0.3 is 15.2 Å². The summed E-state index contributed by atoms with van der Waals surface area (Å²) >= 11 is 0. The third-order valence-corrected chi connectivity index (χ3v) is 4.93. The first-order valence-electron chi connectivity index (χ1n) is 7.64. The van der Waals surface area contributed by atoms with Gasteiger partial charge in [0, 0.05) is 45.8 Å². The quantitative estimate of drug-likeness (QED) is 0.395. The molecule has 6 nitrogen and oxygen atoms in total. The van der Waals surface area contributed by atoms with Gasteiger partial charge in [-0.25, -0.2) is 8.42 Å². The van der Waals surface area contributed by atoms with Crippen molar-refractivity contribution < 1.29 is 8.42 Å². The first-order chi connectivity index (χ1) is 11.3. The van der Waals surface area contributed by atoms with Crippen molar-refractivity contribution in [2.24, 2.45) is 12.0 Å². The number of benzene rings is 1. The van der Waals surface area contributed by atoms with E-state index >= 15 is 0 Å². The molecule has 0 aliphatic rings. The van der Waals surface area contributed by atoms with E-state index in [9.17, 15) is 8.42 Å². The predicted octanol–water partition coefficient (Wildman–Crippen LogP) is 2.22. The first kappa shape index (κ1) is 21.5. The highest BCUT2D eigenvalue weighted by Gasteiger charge is 2.10. The summed E-state index contributed by atoms with van der Waals surface area (Å²) in [7, 11) is 0.524. The number of sulfone groups is 1. The van der Waals surface area contributed by atoms with E-state index in [4.69, 9.17) is 0 Å². The van der Waals surface area contributed by atoms with E-state index in [1.807, 2.05) is 49.1 Å². The normalized spacial score (nSPS) is 11.8. The number of guanidine groups is 1. The molecule has 1 aromatic heterocycles. The number of nitrogens with one attached hydrogen (secondary N) is 2. The van der Waals surface area contributed by atoms with Crippen molar-refractivity contribution in [3.8, 4) is 0 Å². The number of hydrogen-bond donors (Lipinski definition) is 2. The van der Waals surface area contributed by atoms with E-state index < -0.39 is 9.84 Å². The molecule has 2 rings (SSSR count). The van der Waals surface area contributed by atoms with Gasteiger partial charge in [0.2, 0.25) is 0 Å². The summed E-state index contributed by atoms with van der Waals surface area (Å²) in [5, 5.41) is 6.48. The zero-order valence-corrected chi connectivity index (χ0v) is 18.1. The van der Waals surface area contributed by atoms with Crippen molar-refractivity contribution in [1.29, 1.82) is 0 Å². The van der Waals surface area contributed by atoms with Gasteiger partial charge in [-0.2, -0.15) is 0 Å². The summed E-state index contributed by atoms with van der Waals surface area (Å²) in [5.41, 5.74) is 2.93. The molecule has 0 radical (unpaired) electrons. The Balaban J connectivity index is 0.00000312. The number of aliphatic imine (C=N–C) groups is 1. The number of hydrogen-bond acceptors (Lipinski definition) is 3. The summed E-state index contributed by atoms with van der Waals surface area (Å²) < 4.78 is 25.3. The van der Waals surface area contributed by atoms with Crippen molar-refractivity contribution >= 4 is 39.8 Å². The molecule has 8 heteroatoms. The molecule has 0 amide bonds. The average Bonchev–Trinajstić information content (AvgIpc) is 2.92. The van der Waals surface area contributed by atoms with Gasteiger partial charge in [0.1, 0.15) is 0 Å². The van der Waals surface area contributed by atoms with Crippen LogP contribution >= 0.6 is 24.0 Å². The largest absolute Gasteiger partial charge is 0.357 e. The van der Waals surface area contributed by atoms with Crippen LogP contribution in [0, 0.1) is 6.92 Å². The number of aryl methyl sites for hydroxylation is 2. The van der Waals surface area contributed by atoms with Crippen LogP contribution in [0.15, 0.2) is 46.5 Å². The molecule has 0 fully saturated rings. The Hall–Kier alpha value is -1.55. The Morgan fingerprint density at radius 2 is 1.80 bits per heavy atom. The third kappa shape index (κ3) is 6.35. The number of rotatable bonds is 5. The predicted molar refractivity (Wildman–Crippen MR) is 112 cm³/mol. The summed E-state index contributed by atoms with van der Waals surface area (Å²) in [4.78, 5) is 4.57. The molecule has 0 unspecified atom stereocenters. The molecule has 0 bridgehead atoms. The second-order valence-electron chi connectivity index (χ2n) is 5.84. The Morgan fingerprint density at radius 3 is 2.28 bits per heavy atom. The summed E-state index contributed by atoms with van der Waals surface area (Å²) in [5.74, 6) is 0.698. The summed E-state index contributed by atoms with van der Waals surface area (Å²) in [6, 6.07) is 7.41. The van der Waals surface area contributed by atoms with E-state index in [1.165, 1.54) is 11.8 Å². The second-order valence-corrected chi connectivity index (χ2v) is 7.82. The smallest absolute Gasteiger partial charge is 0.191 e. The molecule has 1 aromatic carbocycles. The van der Waals surface area contributed by atoms with Crippen LogP contribution in [0.4, 0.5) is 0 Å². The maximum absolute atomic E-state index is 11.7. The third-order valence-electron chi connectivity index (χ3n) is 3.68. The highest BCUT2D eigenvalue weighted by atomic mass is 127. The van der Waals surface area contributed by atoms with Gasteiger partial charge in [-0.1, -0.05) is 12.1 Å². The maximum atomic E-state index is 11.7. The number of aromatic nitrogens is 1. The Kier molecular flexibility index (Phi) is 7.94. The van der Waals surface area contributed by atoms with Crippen molar-refractivity contribution in [3.05, 3.63) is 53.3 Å². The van der Waals surface area contributed by atoms with Crippen LogP contribution in [-0.2, 0) is 30.0 Å². The highest BCUT2D eigenvalue weighted by Crippen LogP contribution is 2.16. The topological polar surface area (TPSA) is 75.5 Å². The molecule has 0 atom stereocenters. The van der Waals surface area contributed by atoms with Gasteiger partial charge >= 0.3 is 0 Å². The lowest BCUT2D eigenvalue weighted by molar-refractivity contribution is 0.601. The van der Waals surface area contributed by atoms with Gasteiger partial charge in [-0.05, 0) is 35.7 Å². The zero-order valence-electron chi connectivity index (χ0n) is 14.9. The van der Waals surface area contributed by atoms with Crippen LogP contribution in [0.25, 0.3) is 0 Å². The fraction of sp³-hybridized carbons (Fsp3) is 0.353. The lowest BCUT2D eigenvalue weighted by Gasteiger charge is -2.12. The van der Waals surface area contributed by atoms with Gasteiger partial charge in [0.25, 0.3) is 0 Å². The van der Waals surface area contributed by atoms with E-state index in [1.54, 1.807) is 13.1 Å². The fourth-order valence-corrected chi connectivity index (χ4v) is 3.45. The average molecular weight is 476 g/mol. The minimum Gasteiger partial charge on any atom is -0.357 e. The molecule has 0 aliphatic heterocycles. The second kappa shape index (κ2) is 9.23. The lowest BCUT2D eigenvalue weighted by Crippen LogP contribution is -2.36. The van der Waals surface area contributed by atoms with Crippen molar-refractivity contribution in [3.63, 3.8) is 0 Å². The van der Waals surface area contributed by atoms with E-state index in [0.717, 1.165) is 11.1 Å². The molecule has 25 heavy (non-hydrogen) atoms. The Labute approximate surface area is 166 Å².